The van der Waals surface area contributed by atoms with Crippen molar-refractivity contribution in [1.29, 1.82) is 0 Å². The number of benzene rings is 1. The highest BCUT2D eigenvalue weighted by molar-refractivity contribution is 7.89. The van der Waals surface area contributed by atoms with Crippen LogP contribution in [0.15, 0.2) is 23.1 Å². The molecule has 112 valence electrons. The predicted molar refractivity (Wildman–Crippen MR) is 73.7 cm³/mol. The van der Waals surface area contributed by atoms with Crippen molar-refractivity contribution in [2.24, 2.45) is 0 Å². The van der Waals surface area contributed by atoms with Crippen LogP contribution < -0.4 is 10.5 Å². The normalized spacial score (nSPS) is 12.9. The highest BCUT2D eigenvalue weighted by Crippen LogP contribution is 2.20. The van der Waals surface area contributed by atoms with Crippen LogP contribution in [0.3, 0.4) is 0 Å². The number of carbonyl (C=O) groups excluding carboxylic acids is 1. The molecular weight excluding hydrogens is 284 g/mol. The van der Waals surface area contributed by atoms with E-state index in [2.05, 4.69) is 9.46 Å². The number of carbonyl (C=O) groups is 1. The number of esters is 1. The summed E-state index contributed by atoms with van der Waals surface area (Å²) < 4.78 is 31.4. The lowest BCUT2D eigenvalue weighted by atomic mass is 10.2. The Morgan fingerprint density at radius 3 is 2.65 bits per heavy atom. The number of nitrogens with one attached hydrogen (secondary N) is 1. The van der Waals surface area contributed by atoms with E-state index in [0.29, 0.717) is 6.42 Å². The number of methoxy groups -OCH3 is 1. The fourth-order valence-corrected chi connectivity index (χ4v) is 3.07. The van der Waals surface area contributed by atoms with Gasteiger partial charge in [0.25, 0.3) is 0 Å². The number of aliphatic hydroxyl groups is 1. The minimum atomic E-state index is -3.95. The van der Waals surface area contributed by atoms with Gasteiger partial charge in [-0.3, -0.25) is 0 Å². The number of aliphatic hydroxyl groups excluding tert-OH is 1. The summed E-state index contributed by atoms with van der Waals surface area (Å²) in [5.41, 5.74) is 5.66. The van der Waals surface area contributed by atoms with Crippen LogP contribution in [0.4, 0.5) is 5.69 Å². The Morgan fingerprint density at radius 2 is 2.15 bits per heavy atom. The maximum atomic E-state index is 12.2. The first-order valence-electron chi connectivity index (χ1n) is 5.96. The molecule has 4 N–H and O–H groups in total. The molecule has 0 aliphatic rings. The van der Waals surface area contributed by atoms with Crippen LogP contribution in [0, 0.1) is 0 Å². The van der Waals surface area contributed by atoms with Gasteiger partial charge >= 0.3 is 5.97 Å². The summed E-state index contributed by atoms with van der Waals surface area (Å²) in [6.45, 7) is 1.39. The number of ether oxygens (including phenoxy) is 1. The molecule has 0 spiro atoms. The highest BCUT2D eigenvalue weighted by atomic mass is 32.2. The lowest BCUT2D eigenvalue weighted by Gasteiger charge is -2.16. The van der Waals surface area contributed by atoms with Gasteiger partial charge in [-0.2, -0.15) is 0 Å². The number of anilines is 1. The van der Waals surface area contributed by atoms with E-state index >= 15 is 0 Å². The zero-order valence-electron chi connectivity index (χ0n) is 11.3. The maximum absolute atomic E-state index is 12.2. The van der Waals surface area contributed by atoms with Gasteiger partial charge in [-0.15, -0.1) is 0 Å². The zero-order valence-corrected chi connectivity index (χ0v) is 12.1. The van der Waals surface area contributed by atoms with Crippen molar-refractivity contribution in [1.82, 2.24) is 4.72 Å². The molecule has 0 unspecified atom stereocenters. The first kappa shape index (κ1) is 16.4. The molecule has 1 aromatic rings. The number of nitrogen functional groups attached to an aromatic ring is 1. The molecule has 0 saturated heterocycles. The van der Waals surface area contributed by atoms with E-state index in [0.717, 1.165) is 7.11 Å². The number of hydrogen-bond acceptors (Lipinski definition) is 6. The molecule has 0 fully saturated rings. The van der Waals surface area contributed by atoms with Crippen LogP contribution in [-0.2, 0) is 14.8 Å². The minimum Gasteiger partial charge on any atom is -0.465 e. The summed E-state index contributed by atoms with van der Waals surface area (Å²) in [4.78, 5) is 11.4. The Bertz CT molecular complexity index is 582. The smallest absolute Gasteiger partial charge is 0.339 e. The number of hydrogen-bond donors (Lipinski definition) is 3. The molecule has 0 heterocycles. The van der Waals surface area contributed by atoms with Crippen LogP contribution in [0.1, 0.15) is 23.7 Å². The van der Waals surface area contributed by atoms with Crippen molar-refractivity contribution < 1.29 is 23.1 Å². The van der Waals surface area contributed by atoms with Crippen molar-refractivity contribution in [2.75, 3.05) is 19.5 Å². The van der Waals surface area contributed by atoms with Crippen LogP contribution in [-0.4, -0.2) is 39.3 Å². The molecule has 1 aromatic carbocycles. The van der Waals surface area contributed by atoms with Gasteiger partial charge in [-0.05, 0) is 24.6 Å². The first-order valence-corrected chi connectivity index (χ1v) is 7.45. The Kier molecular flexibility index (Phi) is 5.49. The van der Waals surface area contributed by atoms with E-state index in [1.54, 1.807) is 6.92 Å². The third-order valence-electron chi connectivity index (χ3n) is 2.73. The lowest BCUT2D eigenvalue weighted by molar-refractivity contribution is 0.0596. The Morgan fingerprint density at radius 1 is 1.50 bits per heavy atom. The van der Waals surface area contributed by atoms with Gasteiger partial charge in [0.2, 0.25) is 10.0 Å². The van der Waals surface area contributed by atoms with Crippen LogP contribution >= 0.6 is 0 Å². The SMILES string of the molecule is CC[C@@H](CO)NS(=O)(=O)c1ccc(N)cc1C(=O)OC. The van der Waals surface area contributed by atoms with Gasteiger partial charge in [0, 0.05) is 11.7 Å². The predicted octanol–water partition coefficient (Wildman–Crippen LogP) is 0.105. The second-order valence-electron chi connectivity index (χ2n) is 4.16. The molecule has 7 nitrogen and oxygen atoms in total. The molecule has 20 heavy (non-hydrogen) atoms. The summed E-state index contributed by atoms with van der Waals surface area (Å²) >= 11 is 0. The van der Waals surface area contributed by atoms with Crippen molar-refractivity contribution in [3.05, 3.63) is 23.8 Å². The van der Waals surface area contributed by atoms with Gasteiger partial charge in [-0.1, -0.05) is 6.92 Å². The Hall–Kier alpha value is -1.64. The van der Waals surface area contributed by atoms with Crippen molar-refractivity contribution in [3.8, 4) is 0 Å². The summed E-state index contributed by atoms with van der Waals surface area (Å²) in [5.74, 6) is -0.797. The maximum Gasteiger partial charge on any atom is 0.339 e. The second kappa shape index (κ2) is 6.69. The summed E-state index contributed by atoms with van der Waals surface area (Å²) in [5, 5.41) is 9.07. The molecule has 0 aromatic heterocycles. The molecule has 0 amide bonds. The average molecular weight is 302 g/mol. The fraction of sp³-hybridized carbons (Fsp3) is 0.417. The third-order valence-corrected chi connectivity index (χ3v) is 4.31. The van der Waals surface area contributed by atoms with Gasteiger partial charge in [0.15, 0.2) is 0 Å². The topological polar surface area (TPSA) is 119 Å². The number of sulfonamides is 1. The van der Waals surface area contributed by atoms with Crippen LogP contribution in [0.25, 0.3) is 0 Å². The minimum absolute atomic E-state index is 0.146. The summed E-state index contributed by atoms with van der Waals surface area (Å²) in [6, 6.07) is 3.22. The molecule has 1 rings (SSSR count). The zero-order chi connectivity index (χ0) is 15.3. The Labute approximate surface area is 117 Å². The average Bonchev–Trinajstić information content (AvgIpc) is 2.43. The van der Waals surface area contributed by atoms with E-state index in [4.69, 9.17) is 10.8 Å². The second-order valence-corrected chi connectivity index (χ2v) is 5.84. The molecule has 0 bridgehead atoms. The summed E-state index contributed by atoms with van der Waals surface area (Å²) in [7, 11) is -2.80. The van der Waals surface area contributed by atoms with E-state index in [-0.39, 0.29) is 22.8 Å². The van der Waals surface area contributed by atoms with Crippen molar-refractivity contribution in [3.63, 3.8) is 0 Å². The molecule has 0 aliphatic carbocycles. The molecule has 8 heteroatoms. The fourth-order valence-electron chi connectivity index (χ4n) is 1.58. The molecule has 0 aliphatic heterocycles. The van der Waals surface area contributed by atoms with Crippen molar-refractivity contribution in [2.45, 2.75) is 24.3 Å². The molecular formula is C12H18N2O5S. The van der Waals surface area contributed by atoms with E-state index in [1.165, 1.54) is 18.2 Å². The first-order chi connectivity index (χ1) is 9.35. The monoisotopic (exact) mass is 302 g/mol. The summed E-state index contributed by atoms with van der Waals surface area (Å²) in [6.07, 6.45) is 0.415. The molecule has 0 radical (unpaired) electrons. The highest BCUT2D eigenvalue weighted by Gasteiger charge is 2.25. The van der Waals surface area contributed by atoms with E-state index in [1.807, 2.05) is 0 Å². The van der Waals surface area contributed by atoms with Gasteiger partial charge in [-0.25, -0.2) is 17.9 Å². The quantitative estimate of drug-likeness (QED) is 0.507. The van der Waals surface area contributed by atoms with Crippen LogP contribution in [0.5, 0.6) is 0 Å². The van der Waals surface area contributed by atoms with Gasteiger partial charge in [0.05, 0.1) is 24.2 Å². The molecule has 1 atom stereocenters. The van der Waals surface area contributed by atoms with Crippen LogP contribution in [0.2, 0.25) is 0 Å². The van der Waals surface area contributed by atoms with Gasteiger partial charge < -0.3 is 15.6 Å². The lowest BCUT2D eigenvalue weighted by Crippen LogP contribution is -2.37. The van der Waals surface area contributed by atoms with E-state index < -0.39 is 22.0 Å². The Balaban J connectivity index is 3.27. The third kappa shape index (κ3) is 3.69. The standard InChI is InChI=1S/C12H18N2O5S/c1-3-9(7-15)14-20(17,18)11-5-4-8(13)6-10(11)12(16)19-2/h4-6,9,14-15H,3,7,13H2,1-2H3/t9-/m0/s1. The largest absolute Gasteiger partial charge is 0.465 e. The molecule has 0 saturated carbocycles. The van der Waals surface area contributed by atoms with Gasteiger partial charge in [0.1, 0.15) is 0 Å². The number of nitrogens with two attached hydrogens (primary N) is 1. The van der Waals surface area contributed by atoms with Crippen molar-refractivity contribution >= 4 is 21.7 Å². The number of rotatable bonds is 6. The van der Waals surface area contributed by atoms with E-state index in [9.17, 15) is 13.2 Å².